The molecular formula is C25H23F3N2O2. The van der Waals surface area contributed by atoms with Gasteiger partial charge < -0.3 is 14.7 Å². The zero-order valence-electron chi connectivity index (χ0n) is 17.3. The summed E-state index contributed by atoms with van der Waals surface area (Å²) in [4.78, 5) is 6.07. The van der Waals surface area contributed by atoms with Crippen LogP contribution in [0.2, 0.25) is 0 Å². The number of rotatable bonds is 5. The van der Waals surface area contributed by atoms with E-state index in [0.717, 1.165) is 55.0 Å². The lowest BCUT2D eigenvalue weighted by molar-refractivity contribution is -0.137. The Kier molecular flexibility index (Phi) is 6.46. The highest BCUT2D eigenvalue weighted by atomic mass is 19.4. The van der Waals surface area contributed by atoms with E-state index in [1.54, 1.807) is 6.07 Å². The highest BCUT2D eigenvalue weighted by molar-refractivity contribution is 5.57. The molecule has 1 aliphatic heterocycles. The zero-order chi connectivity index (χ0) is 22.6. The first-order valence-electron chi connectivity index (χ1n) is 10.4. The molecule has 4 nitrogen and oxygen atoms in total. The topological polar surface area (TPSA) is 45.6 Å². The smallest absolute Gasteiger partial charge is 0.417 e. The molecule has 1 N–H and O–H groups in total. The number of aliphatic hydroxyl groups excluding tert-OH is 1. The fourth-order valence-corrected chi connectivity index (χ4v) is 3.68. The average molecular weight is 440 g/mol. The molecule has 32 heavy (non-hydrogen) atoms. The molecule has 4 rings (SSSR count). The molecule has 0 atom stereocenters. The number of aliphatic hydroxyl groups is 1. The number of piperidine rings is 1. The Hall–Kier alpha value is -3.32. The van der Waals surface area contributed by atoms with E-state index in [9.17, 15) is 18.3 Å². The van der Waals surface area contributed by atoms with Crippen molar-refractivity contribution in [3.63, 3.8) is 0 Å². The summed E-state index contributed by atoms with van der Waals surface area (Å²) in [5.74, 6) is 0.631. The number of halogens is 3. The first kappa shape index (κ1) is 21.9. The van der Waals surface area contributed by atoms with E-state index in [4.69, 9.17) is 4.74 Å². The Bertz CT molecular complexity index is 1080. The highest BCUT2D eigenvalue weighted by Gasteiger charge is 2.30. The molecular weight excluding hydrogens is 417 g/mol. The fraction of sp³-hybridized carbons (Fsp3) is 0.240. The number of ether oxygens (including phenoxy) is 1. The van der Waals surface area contributed by atoms with Crippen molar-refractivity contribution in [2.75, 3.05) is 18.0 Å². The van der Waals surface area contributed by atoms with Crippen LogP contribution in [0.3, 0.4) is 0 Å². The van der Waals surface area contributed by atoms with Crippen LogP contribution < -0.4 is 9.64 Å². The third kappa shape index (κ3) is 5.48. The van der Waals surface area contributed by atoms with Crippen LogP contribution in [0.5, 0.6) is 11.6 Å². The first-order valence-corrected chi connectivity index (χ1v) is 10.4. The molecule has 0 aliphatic carbocycles. The lowest BCUT2D eigenvalue weighted by Crippen LogP contribution is -2.30. The van der Waals surface area contributed by atoms with E-state index in [-0.39, 0.29) is 12.5 Å². The van der Waals surface area contributed by atoms with Crippen LogP contribution >= 0.6 is 0 Å². The van der Waals surface area contributed by atoms with Crippen LogP contribution in [0.15, 0.2) is 72.4 Å². The van der Waals surface area contributed by atoms with Gasteiger partial charge in [0.15, 0.2) is 0 Å². The SMILES string of the molecule is OCc1cccc(N2CCC(=Cc3cccc(Oc4ccc(C(F)(F)F)cn4)c3)CC2)c1. The zero-order valence-corrected chi connectivity index (χ0v) is 17.3. The van der Waals surface area contributed by atoms with Crippen LogP contribution in [0.1, 0.15) is 29.5 Å². The van der Waals surface area contributed by atoms with Crippen LogP contribution in [0.4, 0.5) is 18.9 Å². The summed E-state index contributed by atoms with van der Waals surface area (Å²) in [5.41, 5.74) is 3.51. The maximum Gasteiger partial charge on any atom is 0.417 e. The fourth-order valence-electron chi connectivity index (χ4n) is 3.68. The molecule has 1 aromatic heterocycles. The number of benzene rings is 2. The summed E-state index contributed by atoms with van der Waals surface area (Å²) in [6.07, 6.45) is 0.332. The molecule has 1 aliphatic rings. The summed E-state index contributed by atoms with van der Waals surface area (Å²) in [7, 11) is 0. The van der Waals surface area contributed by atoms with Crippen molar-refractivity contribution in [3.05, 3.63) is 89.1 Å². The Morgan fingerprint density at radius 3 is 2.47 bits per heavy atom. The molecule has 0 spiro atoms. The number of alkyl halides is 3. The molecule has 2 aromatic carbocycles. The van der Waals surface area contributed by atoms with E-state index in [0.29, 0.717) is 5.75 Å². The number of hydrogen-bond donors (Lipinski definition) is 1. The van der Waals surface area contributed by atoms with Crippen molar-refractivity contribution >= 4 is 11.8 Å². The van der Waals surface area contributed by atoms with Crippen molar-refractivity contribution in [2.24, 2.45) is 0 Å². The van der Waals surface area contributed by atoms with Crippen molar-refractivity contribution in [3.8, 4) is 11.6 Å². The van der Waals surface area contributed by atoms with Gasteiger partial charge in [-0.15, -0.1) is 0 Å². The minimum Gasteiger partial charge on any atom is -0.439 e. The van der Waals surface area contributed by atoms with Crippen molar-refractivity contribution in [1.29, 1.82) is 0 Å². The van der Waals surface area contributed by atoms with Crippen molar-refractivity contribution in [1.82, 2.24) is 4.98 Å². The standard InChI is InChI=1S/C25H23F3N2O2/c26-25(27,28)21-7-8-24(29-16-21)32-23-6-2-3-19(15-23)13-18-9-11-30(12-10-18)22-5-1-4-20(14-22)17-31/h1-8,13-16,31H,9-12,17H2. The molecule has 2 heterocycles. The van der Waals surface area contributed by atoms with Gasteiger partial charge in [-0.3, -0.25) is 0 Å². The van der Waals surface area contributed by atoms with Crippen LogP contribution in [0.25, 0.3) is 6.08 Å². The van der Waals surface area contributed by atoms with Crippen molar-refractivity contribution < 1.29 is 23.0 Å². The Balaban J connectivity index is 1.39. The molecule has 0 bridgehead atoms. The van der Waals surface area contributed by atoms with Crippen LogP contribution in [-0.2, 0) is 12.8 Å². The Morgan fingerprint density at radius 1 is 1.00 bits per heavy atom. The second-order valence-electron chi connectivity index (χ2n) is 7.68. The molecule has 166 valence electrons. The van der Waals surface area contributed by atoms with Gasteiger partial charge in [-0.1, -0.05) is 35.9 Å². The minimum absolute atomic E-state index is 0.0350. The molecule has 0 unspecified atom stereocenters. The van der Waals surface area contributed by atoms with E-state index in [2.05, 4.69) is 22.0 Å². The van der Waals surface area contributed by atoms with Gasteiger partial charge >= 0.3 is 6.18 Å². The molecule has 7 heteroatoms. The van der Waals surface area contributed by atoms with Gasteiger partial charge in [0, 0.05) is 31.0 Å². The van der Waals surface area contributed by atoms with E-state index in [1.165, 1.54) is 11.6 Å². The third-order valence-electron chi connectivity index (χ3n) is 5.38. The number of pyridine rings is 1. The Labute approximate surface area is 184 Å². The number of hydrogen-bond acceptors (Lipinski definition) is 4. The lowest BCUT2D eigenvalue weighted by atomic mass is 10.00. The second-order valence-corrected chi connectivity index (χ2v) is 7.68. The van der Waals surface area contributed by atoms with Gasteiger partial charge in [0.25, 0.3) is 0 Å². The molecule has 1 fully saturated rings. The van der Waals surface area contributed by atoms with E-state index in [1.807, 2.05) is 36.4 Å². The quantitative estimate of drug-likeness (QED) is 0.523. The maximum atomic E-state index is 12.7. The lowest BCUT2D eigenvalue weighted by Gasteiger charge is -2.30. The summed E-state index contributed by atoms with van der Waals surface area (Å²) in [6.45, 7) is 1.83. The third-order valence-corrected chi connectivity index (χ3v) is 5.38. The normalized spacial score (nSPS) is 14.4. The molecule has 3 aromatic rings. The van der Waals surface area contributed by atoms with Crippen LogP contribution in [0, 0.1) is 0 Å². The van der Waals surface area contributed by atoms with Gasteiger partial charge in [0.2, 0.25) is 5.88 Å². The maximum absolute atomic E-state index is 12.7. The molecule has 1 saturated heterocycles. The van der Waals surface area contributed by atoms with Gasteiger partial charge in [-0.25, -0.2) is 4.98 Å². The first-order chi connectivity index (χ1) is 15.4. The number of anilines is 1. The molecule has 0 amide bonds. The van der Waals surface area contributed by atoms with E-state index >= 15 is 0 Å². The number of nitrogens with zero attached hydrogens (tertiary/aromatic N) is 2. The molecule has 0 saturated carbocycles. The minimum atomic E-state index is -4.42. The van der Waals surface area contributed by atoms with Crippen LogP contribution in [-0.4, -0.2) is 23.2 Å². The van der Waals surface area contributed by atoms with Crippen molar-refractivity contribution in [2.45, 2.75) is 25.6 Å². The largest absolute Gasteiger partial charge is 0.439 e. The monoisotopic (exact) mass is 440 g/mol. The van der Waals surface area contributed by atoms with Gasteiger partial charge in [0.1, 0.15) is 5.75 Å². The predicted molar refractivity (Wildman–Crippen MR) is 118 cm³/mol. The van der Waals surface area contributed by atoms with E-state index < -0.39 is 11.7 Å². The second kappa shape index (κ2) is 9.44. The highest BCUT2D eigenvalue weighted by Crippen LogP contribution is 2.31. The summed E-state index contributed by atoms with van der Waals surface area (Å²) >= 11 is 0. The Morgan fingerprint density at radius 2 is 1.78 bits per heavy atom. The van der Waals surface area contributed by atoms with Gasteiger partial charge in [-0.2, -0.15) is 13.2 Å². The molecule has 0 radical (unpaired) electrons. The van der Waals surface area contributed by atoms with Gasteiger partial charge in [-0.05, 0) is 54.3 Å². The summed E-state index contributed by atoms with van der Waals surface area (Å²) < 4.78 is 43.7. The predicted octanol–water partition coefficient (Wildman–Crippen LogP) is 6.07. The number of aromatic nitrogens is 1. The summed E-state index contributed by atoms with van der Waals surface area (Å²) in [6, 6.07) is 17.5. The van der Waals surface area contributed by atoms with Gasteiger partial charge in [0.05, 0.1) is 12.2 Å². The average Bonchev–Trinajstić information content (AvgIpc) is 2.80. The summed E-state index contributed by atoms with van der Waals surface area (Å²) in [5, 5.41) is 9.34.